The number of anilines is 1. The maximum Gasteiger partial charge on any atom is 0.270 e. The molecule has 17 heavy (non-hydrogen) atoms. The van der Waals surface area contributed by atoms with Crippen LogP contribution >= 0.6 is 11.6 Å². The van der Waals surface area contributed by atoms with Gasteiger partial charge in [0, 0.05) is 24.1 Å². The Balaban J connectivity index is 2.45. The normalized spacial score (nSPS) is 11.8. The minimum atomic E-state index is -2.93. The number of nitrogens with zero attached hydrogens (tertiary/aromatic N) is 1. The summed E-state index contributed by atoms with van der Waals surface area (Å²) in [5.74, 6) is -2.37. The molecule has 0 spiro atoms. The third kappa shape index (κ3) is 2.39. The predicted octanol–water partition coefficient (Wildman–Crippen LogP) is 3.69. The van der Waals surface area contributed by atoms with Crippen molar-refractivity contribution >= 4 is 17.4 Å². The van der Waals surface area contributed by atoms with Crippen LogP contribution in [0.3, 0.4) is 0 Å². The molecule has 3 nitrogen and oxygen atoms in total. The van der Waals surface area contributed by atoms with Gasteiger partial charge in [0.25, 0.3) is 5.92 Å². The molecule has 1 aromatic carbocycles. The number of nitrogen functional groups attached to an aromatic ring is 1. The molecule has 0 radical (unpaired) electrons. The Hall–Kier alpha value is -1.62. The second-order valence-corrected chi connectivity index (χ2v) is 4.11. The number of halogens is 3. The molecule has 0 amide bonds. The summed E-state index contributed by atoms with van der Waals surface area (Å²) in [6, 6.07) is 5.43. The lowest BCUT2D eigenvalue weighted by Crippen LogP contribution is -2.06. The van der Waals surface area contributed by atoms with E-state index in [-0.39, 0.29) is 16.4 Å². The van der Waals surface area contributed by atoms with E-state index in [1.807, 2.05) is 0 Å². The van der Waals surface area contributed by atoms with Crippen LogP contribution in [0.4, 0.5) is 14.6 Å². The third-order valence-electron chi connectivity index (χ3n) is 2.27. The van der Waals surface area contributed by atoms with E-state index in [9.17, 15) is 8.78 Å². The first-order chi connectivity index (χ1) is 7.88. The van der Waals surface area contributed by atoms with E-state index in [0.717, 1.165) is 6.92 Å². The lowest BCUT2D eigenvalue weighted by molar-refractivity contribution is 0.0175. The molecule has 0 atom stereocenters. The Morgan fingerprint density at radius 3 is 2.53 bits per heavy atom. The largest absolute Gasteiger partial charge is 0.381 e. The van der Waals surface area contributed by atoms with Crippen molar-refractivity contribution in [1.29, 1.82) is 0 Å². The first kappa shape index (κ1) is 11.9. The van der Waals surface area contributed by atoms with Crippen molar-refractivity contribution in [2.45, 2.75) is 12.8 Å². The quantitative estimate of drug-likeness (QED) is 0.894. The summed E-state index contributed by atoms with van der Waals surface area (Å²) in [7, 11) is 0. The molecule has 0 aliphatic carbocycles. The van der Waals surface area contributed by atoms with Crippen LogP contribution in [0.25, 0.3) is 11.3 Å². The monoisotopic (exact) mass is 258 g/mol. The average Bonchev–Trinajstić information content (AvgIpc) is 2.63. The minimum Gasteiger partial charge on any atom is -0.381 e. The van der Waals surface area contributed by atoms with Gasteiger partial charge in [-0.2, -0.15) is 0 Å². The highest BCUT2D eigenvalue weighted by Gasteiger charge is 2.25. The van der Waals surface area contributed by atoms with E-state index < -0.39 is 5.92 Å². The first-order valence-corrected chi connectivity index (χ1v) is 5.16. The first-order valence-electron chi connectivity index (χ1n) is 4.78. The molecule has 90 valence electrons. The average molecular weight is 259 g/mol. The van der Waals surface area contributed by atoms with Gasteiger partial charge in [-0.1, -0.05) is 22.8 Å². The van der Waals surface area contributed by atoms with Crippen LogP contribution in [0, 0.1) is 0 Å². The van der Waals surface area contributed by atoms with Crippen molar-refractivity contribution in [1.82, 2.24) is 5.16 Å². The summed E-state index contributed by atoms with van der Waals surface area (Å²) in [4.78, 5) is 0. The number of aromatic nitrogens is 1. The van der Waals surface area contributed by atoms with E-state index in [1.54, 1.807) is 0 Å². The molecule has 2 rings (SSSR count). The standard InChI is InChI=1S/C11H9ClF2N2O/c1-11(13,14)6-2-3-7(8(12)4-6)9-5-10(15)16-17-9/h2-5H,1H3,(H2,15,16). The van der Waals surface area contributed by atoms with Crippen molar-refractivity contribution in [3.63, 3.8) is 0 Å². The van der Waals surface area contributed by atoms with Crippen molar-refractivity contribution in [2.75, 3.05) is 5.73 Å². The summed E-state index contributed by atoms with van der Waals surface area (Å²) in [6.45, 7) is 0.810. The van der Waals surface area contributed by atoms with E-state index in [0.29, 0.717) is 11.3 Å². The van der Waals surface area contributed by atoms with Gasteiger partial charge in [-0.25, -0.2) is 8.78 Å². The van der Waals surface area contributed by atoms with Crippen LogP contribution in [0.2, 0.25) is 5.02 Å². The molecule has 1 aromatic heterocycles. The van der Waals surface area contributed by atoms with Gasteiger partial charge in [0.2, 0.25) is 0 Å². The number of rotatable bonds is 2. The summed E-state index contributed by atoms with van der Waals surface area (Å²) >= 11 is 5.92. The third-order valence-corrected chi connectivity index (χ3v) is 2.58. The molecule has 6 heteroatoms. The highest BCUT2D eigenvalue weighted by Crippen LogP contribution is 2.34. The second-order valence-electron chi connectivity index (χ2n) is 3.70. The Bertz CT molecular complexity index is 549. The molecule has 0 fully saturated rings. The molecular weight excluding hydrogens is 250 g/mol. The van der Waals surface area contributed by atoms with Gasteiger partial charge in [0.05, 0.1) is 5.02 Å². The molecule has 0 aliphatic rings. The van der Waals surface area contributed by atoms with Crippen LogP contribution in [-0.4, -0.2) is 5.16 Å². The minimum absolute atomic E-state index is 0.154. The van der Waals surface area contributed by atoms with E-state index in [2.05, 4.69) is 5.16 Å². The molecule has 0 saturated carbocycles. The van der Waals surface area contributed by atoms with Gasteiger partial charge in [-0.05, 0) is 12.1 Å². The SMILES string of the molecule is CC(F)(F)c1ccc(-c2cc(N)no2)c(Cl)c1. The number of alkyl halides is 2. The fourth-order valence-electron chi connectivity index (χ4n) is 1.40. The van der Waals surface area contributed by atoms with E-state index >= 15 is 0 Å². The molecule has 2 aromatic rings. The van der Waals surface area contributed by atoms with Crippen LogP contribution in [0.1, 0.15) is 12.5 Å². The molecule has 0 unspecified atom stereocenters. The van der Waals surface area contributed by atoms with Crippen molar-refractivity contribution in [2.24, 2.45) is 0 Å². The van der Waals surface area contributed by atoms with Crippen LogP contribution in [0.5, 0.6) is 0 Å². The van der Waals surface area contributed by atoms with Gasteiger partial charge >= 0.3 is 0 Å². The zero-order valence-corrected chi connectivity index (χ0v) is 9.63. The second kappa shape index (κ2) is 4.00. The summed E-state index contributed by atoms with van der Waals surface area (Å²) in [6.07, 6.45) is 0. The lowest BCUT2D eigenvalue weighted by Gasteiger charge is -2.11. The smallest absolute Gasteiger partial charge is 0.270 e. The number of hydrogen-bond donors (Lipinski definition) is 1. The Labute approximate surface area is 101 Å². The van der Waals surface area contributed by atoms with E-state index in [4.69, 9.17) is 21.9 Å². The van der Waals surface area contributed by atoms with Crippen molar-refractivity contribution < 1.29 is 13.3 Å². The maximum absolute atomic E-state index is 13.1. The maximum atomic E-state index is 13.1. The Morgan fingerprint density at radius 2 is 2.06 bits per heavy atom. The van der Waals surface area contributed by atoms with Crippen molar-refractivity contribution in [3.8, 4) is 11.3 Å². The van der Waals surface area contributed by atoms with Crippen molar-refractivity contribution in [3.05, 3.63) is 34.9 Å². The summed E-state index contributed by atoms with van der Waals surface area (Å²) in [5, 5.41) is 3.67. The van der Waals surface area contributed by atoms with Gasteiger partial charge in [-0.3, -0.25) is 0 Å². The Morgan fingerprint density at radius 1 is 1.35 bits per heavy atom. The fraction of sp³-hybridized carbons (Fsp3) is 0.182. The highest BCUT2D eigenvalue weighted by molar-refractivity contribution is 6.33. The lowest BCUT2D eigenvalue weighted by atomic mass is 10.1. The summed E-state index contributed by atoms with van der Waals surface area (Å²) < 4.78 is 31.0. The predicted molar refractivity (Wildman–Crippen MR) is 60.9 cm³/mol. The summed E-state index contributed by atoms with van der Waals surface area (Å²) in [5.41, 5.74) is 5.72. The number of benzene rings is 1. The molecule has 0 saturated heterocycles. The molecule has 0 aliphatic heterocycles. The van der Waals surface area contributed by atoms with Gasteiger partial charge < -0.3 is 10.3 Å². The highest BCUT2D eigenvalue weighted by atomic mass is 35.5. The fourth-order valence-corrected chi connectivity index (χ4v) is 1.68. The molecule has 0 bridgehead atoms. The molecule has 1 heterocycles. The Kier molecular flexibility index (Phi) is 2.79. The van der Waals surface area contributed by atoms with Crippen LogP contribution in [0.15, 0.2) is 28.8 Å². The van der Waals surface area contributed by atoms with Crippen LogP contribution in [-0.2, 0) is 5.92 Å². The van der Waals surface area contributed by atoms with Gasteiger partial charge in [0.15, 0.2) is 11.6 Å². The topological polar surface area (TPSA) is 52.0 Å². The molecular formula is C11H9ClF2N2O. The van der Waals surface area contributed by atoms with Gasteiger partial charge in [0.1, 0.15) is 0 Å². The zero-order valence-electron chi connectivity index (χ0n) is 8.88. The zero-order chi connectivity index (χ0) is 12.6. The van der Waals surface area contributed by atoms with E-state index in [1.165, 1.54) is 24.3 Å². The number of hydrogen-bond acceptors (Lipinski definition) is 3. The van der Waals surface area contributed by atoms with Gasteiger partial charge in [-0.15, -0.1) is 0 Å². The molecule has 2 N–H and O–H groups in total. The van der Waals surface area contributed by atoms with Crippen LogP contribution < -0.4 is 5.73 Å². The number of nitrogens with two attached hydrogens (primary N) is 1.